The molecule has 0 aromatic heterocycles. The van der Waals surface area contributed by atoms with Crippen molar-refractivity contribution >= 4 is 0 Å². The summed E-state index contributed by atoms with van der Waals surface area (Å²) < 4.78 is 9.69. The molecule has 0 spiro atoms. The van der Waals surface area contributed by atoms with Crippen LogP contribution in [0.2, 0.25) is 0 Å². The molecule has 0 aromatic carbocycles. The molecular formula is C11H24O12. The van der Waals surface area contributed by atoms with E-state index in [4.69, 9.17) is 19.7 Å². The quantitative estimate of drug-likeness (QED) is 0.210. The van der Waals surface area contributed by atoms with Crippen molar-refractivity contribution < 1.29 is 60.9 Å². The molecule has 0 radical (unpaired) electrons. The van der Waals surface area contributed by atoms with Crippen LogP contribution in [-0.2, 0) is 9.47 Å². The van der Waals surface area contributed by atoms with E-state index in [1.165, 1.54) is 0 Å². The lowest BCUT2D eigenvalue weighted by Gasteiger charge is -2.40. The normalized spacial score (nSPS) is 36.7. The molecule has 0 unspecified atom stereocenters. The van der Waals surface area contributed by atoms with Crippen molar-refractivity contribution in [3.05, 3.63) is 0 Å². The Labute approximate surface area is 130 Å². The molecule has 1 saturated heterocycles. The summed E-state index contributed by atoms with van der Waals surface area (Å²) in [5.74, 6) is 0. The second-order valence-electron chi connectivity index (χ2n) is 4.96. The van der Waals surface area contributed by atoms with Crippen molar-refractivity contribution in [3.63, 3.8) is 0 Å². The molecule has 1 heterocycles. The highest BCUT2D eigenvalue weighted by Crippen LogP contribution is 2.23. The van der Waals surface area contributed by atoms with Crippen molar-refractivity contribution in [2.45, 2.75) is 55.3 Å². The third kappa shape index (κ3) is 5.25. The Morgan fingerprint density at radius 3 is 1.83 bits per heavy atom. The van der Waals surface area contributed by atoms with Crippen LogP contribution < -0.4 is 0 Å². The summed E-state index contributed by atoms with van der Waals surface area (Å²) in [6.45, 7) is -1.77. The van der Waals surface area contributed by atoms with Crippen LogP contribution in [0.3, 0.4) is 0 Å². The maximum Gasteiger partial charge on any atom is 0.189 e. The van der Waals surface area contributed by atoms with E-state index in [0.717, 1.165) is 0 Å². The summed E-state index contributed by atoms with van der Waals surface area (Å²) in [5, 5.41) is 84.3. The summed E-state index contributed by atoms with van der Waals surface area (Å²) in [4.78, 5) is 0. The van der Waals surface area contributed by atoms with Crippen LogP contribution in [-0.4, -0.2) is 120 Å². The van der Waals surface area contributed by atoms with E-state index in [-0.39, 0.29) is 5.48 Å². The first kappa shape index (κ1) is 22.5. The van der Waals surface area contributed by atoms with Gasteiger partial charge in [0.25, 0.3) is 0 Å². The molecule has 0 aliphatic carbocycles. The van der Waals surface area contributed by atoms with Gasteiger partial charge in [-0.25, -0.2) is 0 Å². The monoisotopic (exact) mass is 348 g/mol. The lowest BCUT2D eigenvalue weighted by molar-refractivity contribution is -0.358. The fourth-order valence-electron chi connectivity index (χ4n) is 1.93. The third-order valence-corrected chi connectivity index (χ3v) is 3.32. The number of aliphatic hydroxyl groups is 9. The van der Waals surface area contributed by atoms with Crippen molar-refractivity contribution in [1.82, 2.24) is 0 Å². The Balaban J connectivity index is 0.00000484. The molecular weight excluding hydrogens is 324 g/mol. The number of hydrogen-bond donors (Lipinski definition) is 9. The zero-order chi connectivity index (χ0) is 17.0. The largest absolute Gasteiger partial charge is 0.412 e. The second kappa shape index (κ2) is 9.73. The summed E-state index contributed by atoms with van der Waals surface area (Å²) in [7, 11) is 0. The molecule has 1 fully saturated rings. The van der Waals surface area contributed by atoms with Gasteiger partial charge in [-0.1, -0.05) is 0 Å². The van der Waals surface area contributed by atoms with Gasteiger partial charge in [0.05, 0.1) is 13.2 Å². The molecule has 12 nitrogen and oxygen atoms in total. The molecule has 0 amide bonds. The Kier molecular flexibility index (Phi) is 9.53. The van der Waals surface area contributed by atoms with Gasteiger partial charge in [-0.3, -0.25) is 0 Å². The fourth-order valence-corrected chi connectivity index (χ4v) is 1.93. The maximum absolute atomic E-state index is 9.76. The molecule has 0 aromatic rings. The van der Waals surface area contributed by atoms with Crippen molar-refractivity contribution in [2.75, 3.05) is 13.2 Å². The predicted octanol–water partition coefficient (Wildman–Crippen LogP) is -6.63. The number of aliphatic hydroxyl groups excluding tert-OH is 9. The standard InChI is InChI=1S/C11H22O11.H2O/c12-1-3(14)5(16)9(4(15)2-13)21-11-8(19)6(17)7(18)10(20)22-11;/h3-20H,1-2H2;1H2/t3-,4+,5+,6-,7+,8+,9+,10-,11+;/m0./s1. The zero-order valence-corrected chi connectivity index (χ0v) is 12.0. The number of rotatable bonds is 7. The van der Waals surface area contributed by atoms with Crippen molar-refractivity contribution in [3.8, 4) is 0 Å². The minimum absolute atomic E-state index is 0. The first-order valence-electron chi connectivity index (χ1n) is 6.53. The lowest BCUT2D eigenvalue weighted by Crippen LogP contribution is -2.61. The Hall–Kier alpha value is -0.480. The van der Waals surface area contributed by atoms with Gasteiger partial charge in [0, 0.05) is 0 Å². The molecule has 11 N–H and O–H groups in total. The average Bonchev–Trinajstić information content (AvgIpc) is 2.52. The van der Waals surface area contributed by atoms with Crippen molar-refractivity contribution in [2.24, 2.45) is 0 Å². The maximum atomic E-state index is 9.76. The molecule has 12 heteroatoms. The van der Waals surface area contributed by atoms with Crippen LogP contribution in [0, 0.1) is 0 Å². The molecule has 23 heavy (non-hydrogen) atoms. The van der Waals surface area contributed by atoms with Crippen LogP contribution >= 0.6 is 0 Å². The van der Waals surface area contributed by atoms with E-state index in [1.807, 2.05) is 0 Å². The highest BCUT2D eigenvalue weighted by molar-refractivity contribution is 4.88. The van der Waals surface area contributed by atoms with E-state index in [2.05, 4.69) is 0 Å². The van der Waals surface area contributed by atoms with Gasteiger partial charge in [0.1, 0.15) is 42.7 Å². The highest BCUT2D eigenvalue weighted by atomic mass is 16.8. The van der Waals surface area contributed by atoms with Crippen LogP contribution in [0.5, 0.6) is 0 Å². The van der Waals surface area contributed by atoms with Gasteiger partial charge < -0.3 is 60.9 Å². The number of hydrogen-bond acceptors (Lipinski definition) is 11. The summed E-state index contributed by atoms with van der Waals surface area (Å²) in [6.07, 6.45) is -16.2. The Morgan fingerprint density at radius 1 is 0.826 bits per heavy atom. The lowest BCUT2D eigenvalue weighted by atomic mass is 10.0. The fraction of sp³-hybridized carbons (Fsp3) is 1.00. The smallest absolute Gasteiger partial charge is 0.189 e. The minimum Gasteiger partial charge on any atom is -0.412 e. The first-order valence-corrected chi connectivity index (χ1v) is 6.53. The van der Waals surface area contributed by atoms with Crippen molar-refractivity contribution in [1.29, 1.82) is 0 Å². The Morgan fingerprint density at radius 2 is 1.35 bits per heavy atom. The first-order chi connectivity index (χ1) is 10.2. The summed E-state index contributed by atoms with van der Waals surface area (Å²) in [5.41, 5.74) is 0. The summed E-state index contributed by atoms with van der Waals surface area (Å²) in [6, 6.07) is 0. The SMILES string of the molecule is O.OC[C@@H](O)[C@@H](O[C@@H]1O[C@H](O)[C@H](O)[C@H](O)[C@H]1O)[C@H](O)[C@@H](O)CO. The molecule has 1 rings (SSSR count). The molecule has 0 bridgehead atoms. The van der Waals surface area contributed by atoms with E-state index in [9.17, 15) is 35.7 Å². The van der Waals surface area contributed by atoms with E-state index in [0.29, 0.717) is 0 Å². The van der Waals surface area contributed by atoms with Gasteiger partial charge in [-0.15, -0.1) is 0 Å². The van der Waals surface area contributed by atoms with E-state index in [1.54, 1.807) is 0 Å². The van der Waals surface area contributed by atoms with Crippen LogP contribution in [0.15, 0.2) is 0 Å². The van der Waals surface area contributed by atoms with E-state index < -0.39 is 68.5 Å². The molecule has 1 aliphatic rings. The summed E-state index contributed by atoms with van der Waals surface area (Å²) >= 11 is 0. The third-order valence-electron chi connectivity index (χ3n) is 3.32. The van der Waals surface area contributed by atoms with Gasteiger partial charge in [-0.05, 0) is 0 Å². The van der Waals surface area contributed by atoms with Gasteiger partial charge in [0.15, 0.2) is 12.6 Å². The van der Waals surface area contributed by atoms with Crippen LogP contribution in [0.1, 0.15) is 0 Å². The highest BCUT2D eigenvalue weighted by Gasteiger charge is 2.46. The van der Waals surface area contributed by atoms with Gasteiger partial charge in [-0.2, -0.15) is 0 Å². The Bertz CT molecular complexity index is 330. The van der Waals surface area contributed by atoms with E-state index >= 15 is 0 Å². The molecule has 0 saturated carbocycles. The topological polar surface area (TPSA) is 232 Å². The minimum atomic E-state index is -1.91. The van der Waals surface area contributed by atoms with Gasteiger partial charge >= 0.3 is 0 Å². The van der Waals surface area contributed by atoms with Gasteiger partial charge in [0.2, 0.25) is 0 Å². The molecule has 1 aliphatic heterocycles. The zero-order valence-electron chi connectivity index (χ0n) is 12.0. The molecule has 140 valence electrons. The average molecular weight is 348 g/mol. The predicted molar refractivity (Wildman–Crippen MR) is 69.6 cm³/mol. The number of ether oxygens (including phenoxy) is 2. The molecule has 9 atom stereocenters. The van der Waals surface area contributed by atoms with Crippen LogP contribution in [0.25, 0.3) is 0 Å². The van der Waals surface area contributed by atoms with Crippen LogP contribution in [0.4, 0.5) is 0 Å². The second-order valence-corrected chi connectivity index (χ2v) is 4.96.